The molecular weight excluding hydrogens is 341 g/mol. The average Bonchev–Trinajstić information content (AvgIpc) is 3.34. The number of hydrogen-bond acceptors (Lipinski definition) is 5. The molecular formula is C17H22FN5OS. The number of halogens is 1. The molecule has 8 heteroatoms. The maximum absolute atomic E-state index is 13.4. The summed E-state index contributed by atoms with van der Waals surface area (Å²) in [4.78, 5) is 14.4. The number of benzene rings is 1. The first-order valence-corrected chi connectivity index (χ1v) is 9.44. The largest absolute Gasteiger partial charge is 0.342 e. The number of nitrogens with two attached hydrogens (primary N) is 1. The maximum Gasteiger partial charge on any atom is 0.233 e. The summed E-state index contributed by atoms with van der Waals surface area (Å²) in [6.07, 6.45) is 3.38. The average molecular weight is 363 g/mol. The molecule has 3 rings (SSSR count). The predicted octanol–water partition coefficient (Wildman–Crippen LogP) is 2.54. The monoisotopic (exact) mass is 363 g/mol. The zero-order valence-corrected chi connectivity index (χ0v) is 15.0. The smallest absolute Gasteiger partial charge is 0.233 e. The molecule has 1 aliphatic carbocycles. The number of thioether (sulfide) groups is 1. The zero-order valence-electron chi connectivity index (χ0n) is 14.2. The number of nitrogens with zero attached hydrogens (tertiary/aromatic N) is 4. The molecule has 1 heterocycles. The molecule has 1 amide bonds. The molecule has 1 saturated carbocycles. The first kappa shape index (κ1) is 17.7. The number of hydrogen-bond donors (Lipinski definition) is 1. The highest BCUT2D eigenvalue weighted by Crippen LogP contribution is 2.30. The summed E-state index contributed by atoms with van der Waals surface area (Å²) in [5.41, 5.74) is 0.550. The maximum atomic E-state index is 13.4. The van der Waals surface area contributed by atoms with E-state index in [4.69, 9.17) is 5.84 Å². The Kier molecular flexibility index (Phi) is 5.57. The molecule has 0 radical (unpaired) electrons. The van der Waals surface area contributed by atoms with Gasteiger partial charge in [-0.05, 0) is 37.3 Å². The van der Waals surface area contributed by atoms with E-state index in [1.165, 1.54) is 41.4 Å². The Balaban J connectivity index is 1.64. The number of carbonyl (C=O) groups excluding carboxylic acids is 1. The highest BCUT2D eigenvalue weighted by Gasteiger charge is 2.26. The molecule has 0 spiro atoms. The Morgan fingerprint density at radius 1 is 1.44 bits per heavy atom. The number of aromatic nitrogens is 3. The summed E-state index contributed by atoms with van der Waals surface area (Å²) in [5, 5.41) is 8.49. The van der Waals surface area contributed by atoms with Gasteiger partial charge in [0.25, 0.3) is 0 Å². The summed E-state index contributed by atoms with van der Waals surface area (Å²) < 4.78 is 14.7. The fraction of sp³-hybridized carbons (Fsp3) is 0.471. The van der Waals surface area contributed by atoms with Crippen molar-refractivity contribution in [1.82, 2.24) is 19.8 Å². The van der Waals surface area contributed by atoms with E-state index in [-0.39, 0.29) is 17.5 Å². The molecule has 134 valence electrons. The molecule has 0 aliphatic heterocycles. The van der Waals surface area contributed by atoms with Crippen LogP contribution in [0.1, 0.15) is 26.2 Å². The van der Waals surface area contributed by atoms with E-state index < -0.39 is 0 Å². The van der Waals surface area contributed by atoms with E-state index in [0.717, 1.165) is 19.5 Å². The van der Waals surface area contributed by atoms with Crippen molar-refractivity contribution in [1.29, 1.82) is 0 Å². The van der Waals surface area contributed by atoms with Crippen LogP contribution in [0.15, 0.2) is 29.4 Å². The minimum atomic E-state index is -0.361. The lowest BCUT2D eigenvalue weighted by atomic mass is 10.2. The van der Waals surface area contributed by atoms with Gasteiger partial charge in [0.05, 0.1) is 5.75 Å². The lowest BCUT2D eigenvalue weighted by Gasteiger charge is -2.21. The molecule has 1 aromatic carbocycles. The van der Waals surface area contributed by atoms with E-state index in [1.54, 1.807) is 12.1 Å². The Hall–Kier alpha value is -2.09. The quantitative estimate of drug-likeness (QED) is 0.576. The molecule has 2 aromatic rings. The number of carbonyl (C=O) groups is 1. The van der Waals surface area contributed by atoms with Crippen LogP contribution in [0.3, 0.4) is 0 Å². The van der Waals surface area contributed by atoms with Crippen molar-refractivity contribution >= 4 is 17.7 Å². The second kappa shape index (κ2) is 7.86. The molecule has 1 aliphatic rings. The summed E-state index contributed by atoms with van der Waals surface area (Å²) in [7, 11) is 0. The molecule has 1 fully saturated rings. The standard InChI is InChI=1S/C17H22FN5OS/c1-2-8-22(10-12-6-7-12)15(24)11-25-17-21-20-16(23(17)19)13-4-3-5-14(18)9-13/h3-5,9,12H,2,6-8,10-11,19H2,1H3. The molecule has 2 N–H and O–H groups in total. The van der Waals surface area contributed by atoms with Crippen LogP contribution in [0.4, 0.5) is 4.39 Å². The summed E-state index contributed by atoms with van der Waals surface area (Å²) in [6, 6.07) is 6.02. The highest BCUT2D eigenvalue weighted by molar-refractivity contribution is 7.99. The Labute approximate surface area is 150 Å². The SMILES string of the molecule is CCCN(CC1CC1)C(=O)CSc1nnc(-c2cccc(F)c2)n1N. The number of nitrogen functional groups attached to an aromatic ring is 1. The Morgan fingerprint density at radius 2 is 2.24 bits per heavy atom. The minimum absolute atomic E-state index is 0.0917. The van der Waals surface area contributed by atoms with Gasteiger partial charge in [0.2, 0.25) is 11.1 Å². The first-order chi connectivity index (χ1) is 12.1. The third kappa shape index (κ3) is 4.50. The molecule has 6 nitrogen and oxygen atoms in total. The lowest BCUT2D eigenvalue weighted by Crippen LogP contribution is -2.35. The van der Waals surface area contributed by atoms with Crippen LogP contribution in [0.25, 0.3) is 11.4 Å². The van der Waals surface area contributed by atoms with Crippen LogP contribution < -0.4 is 5.84 Å². The van der Waals surface area contributed by atoms with Crippen LogP contribution in [-0.4, -0.2) is 44.5 Å². The van der Waals surface area contributed by atoms with Crippen molar-refractivity contribution < 1.29 is 9.18 Å². The van der Waals surface area contributed by atoms with E-state index in [1.807, 2.05) is 4.90 Å². The highest BCUT2D eigenvalue weighted by atomic mass is 32.2. The minimum Gasteiger partial charge on any atom is -0.342 e. The summed E-state index contributed by atoms with van der Waals surface area (Å²) in [5.74, 6) is 7.06. The van der Waals surface area contributed by atoms with Crippen molar-refractivity contribution in [3.05, 3.63) is 30.1 Å². The fourth-order valence-corrected chi connectivity index (χ4v) is 3.38. The van der Waals surface area contributed by atoms with Gasteiger partial charge in [0, 0.05) is 18.7 Å². The van der Waals surface area contributed by atoms with E-state index in [0.29, 0.717) is 22.5 Å². The van der Waals surface area contributed by atoms with Gasteiger partial charge in [-0.2, -0.15) is 0 Å². The predicted molar refractivity (Wildman–Crippen MR) is 95.9 cm³/mol. The van der Waals surface area contributed by atoms with Crippen molar-refractivity contribution in [2.24, 2.45) is 5.92 Å². The number of rotatable bonds is 8. The molecule has 0 unspecified atom stereocenters. The van der Waals surface area contributed by atoms with Crippen LogP contribution in [0, 0.1) is 11.7 Å². The topological polar surface area (TPSA) is 77.0 Å². The van der Waals surface area contributed by atoms with E-state index in [2.05, 4.69) is 17.1 Å². The van der Waals surface area contributed by atoms with Crippen LogP contribution in [0.5, 0.6) is 0 Å². The van der Waals surface area contributed by atoms with E-state index in [9.17, 15) is 9.18 Å². The second-order valence-electron chi connectivity index (χ2n) is 6.26. The summed E-state index contributed by atoms with van der Waals surface area (Å²) >= 11 is 1.26. The Bertz CT molecular complexity index is 746. The lowest BCUT2D eigenvalue weighted by molar-refractivity contribution is -0.128. The van der Waals surface area contributed by atoms with Gasteiger partial charge in [-0.1, -0.05) is 30.8 Å². The van der Waals surface area contributed by atoms with Gasteiger partial charge in [-0.25, -0.2) is 9.07 Å². The van der Waals surface area contributed by atoms with Gasteiger partial charge < -0.3 is 10.7 Å². The van der Waals surface area contributed by atoms with Crippen LogP contribution >= 0.6 is 11.8 Å². The fourth-order valence-electron chi connectivity index (χ4n) is 2.62. The van der Waals surface area contributed by atoms with Gasteiger partial charge in [-0.3, -0.25) is 4.79 Å². The van der Waals surface area contributed by atoms with Gasteiger partial charge in [-0.15, -0.1) is 10.2 Å². The van der Waals surface area contributed by atoms with Crippen molar-refractivity contribution in [2.75, 3.05) is 24.7 Å². The third-order valence-corrected chi connectivity index (χ3v) is 5.02. The first-order valence-electron chi connectivity index (χ1n) is 8.45. The van der Waals surface area contributed by atoms with Crippen molar-refractivity contribution in [3.63, 3.8) is 0 Å². The van der Waals surface area contributed by atoms with Crippen LogP contribution in [-0.2, 0) is 4.79 Å². The molecule has 0 bridgehead atoms. The van der Waals surface area contributed by atoms with Crippen molar-refractivity contribution in [3.8, 4) is 11.4 Å². The van der Waals surface area contributed by atoms with E-state index >= 15 is 0 Å². The third-order valence-electron chi connectivity index (χ3n) is 4.09. The van der Waals surface area contributed by atoms with Crippen LogP contribution in [0.2, 0.25) is 0 Å². The molecule has 25 heavy (non-hydrogen) atoms. The van der Waals surface area contributed by atoms with Gasteiger partial charge in [0.15, 0.2) is 5.82 Å². The Morgan fingerprint density at radius 3 is 2.92 bits per heavy atom. The van der Waals surface area contributed by atoms with Crippen molar-refractivity contribution in [2.45, 2.75) is 31.3 Å². The number of amides is 1. The molecule has 0 atom stereocenters. The second-order valence-corrected chi connectivity index (χ2v) is 7.20. The van der Waals surface area contributed by atoms with Gasteiger partial charge >= 0.3 is 0 Å². The zero-order chi connectivity index (χ0) is 17.8. The summed E-state index contributed by atoms with van der Waals surface area (Å²) in [6.45, 7) is 3.69. The van der Waals surface area contributed by atoms with Gasteiger partial charge in [0.1, 0.15) is 5.82 Å². The molecule has 0 saturated heterocycles. The normalized spacial score (nSPS) is 13.8. The molecule has 1 aromatic heterocycles.